The Hall–Kier alpha value is -2.47. The van der Waals surface area contributed by atoms with E-state index in [0.717, 1.165) is 0 Å². The predicted octanol–water partition coefficient (Wildman–Crippen LogP) is 0.697. The quantitative estimate of drug-likeness (QED) is 0.590. The molecule has 0 N–H and O–H groups in total. The van der Waals surface area contributed by atoms with Gasteiger partial charge in [-0.1, -0.05) is 30.4 Å². The second-order valence-corrected chi connectivity index (χ2v) is 5.22. The van der Waals surface area contributed by atoms with Crippen molar-refractivity contribution >= 4 is 17.8 Å². The standard InChI is InChI=1S/C15H11NO5/c17-13-11-9-6-7-10(20-9)12(11)14(18)16(13)21-15(19)8-4-2-1-3-5-8/h1-7,9-12H/t9-,10-,11-,12+/m1/s1. The molecule has 4 rings (SSSR count). The third-order valence-electron chi connectivity index (χ3n) is 4.05. The van der Waals surface area contributed by atoms with E-state index in [-0.39, 0.29) is 5.56 Å². The number of amides is 2. The van der Waals surface area contributed by atoms with E-state index in [1.54, 1.807) is 42.5 Å². The van der Waals surface area contributed by atoms with Gasteiger partial charge in [0.2, 0.25) is 0 Å². The van der Waals surface area contributed by atoms with E-state index >= 15 is 0 Å². The van der Waals surface area contributed by atoms with Gasteiger partial charge in [0.25, 0.3) is 11.8 Å². The van der Waals surface area contributed by atoms with Crippen LogP contribution in [0.5, 0.6) is 0 Å². The van der Waals surface area contributed by atoms with Gasteiger partial charge in [-0.3, -0.25) is 9.59 Å². The Morgan fingerprint density at radius 1 is 1.00 bits per heavy atom. The minimum Gasteiger partial charge on any atom is -0.365 e. The van der Waals surface area contributed by atoms with Crippen LogP contribution in [-0.4, -0.2) is 35.1 Å². The fourth-order valence-corrected chi connectivity index (χ4v) is 3.08. The number of ether oxygens (including phenoxy) is 1. The molecule has 0 aromatic heterocycles. The highest BCUT2D eigenvalue weighted by Gasteiger charge is 2.62. The van der Waals surface area contributed by atoms with Crippen molar-refractivity contribution in [1.29, 1.82) is 0 Å². The number of carbonyl (C=O) groups excluding carboxylic acids is 3. The minimum atomic E-state index is -0.724. The van der Waals surface area contributed by atoms with Crippen LogP contribution in [-0.2, 0) is 19.2 Å². The first-order valence-corrected chi connectivity index (χ1v) is 6.66. The number of fused-ring (bicyclic) bond motifs is 5. The summed E-state index contributed by atoms with van der Waals surface area (Å²) in [6.45, 7) is 0. The van der Waals surface area contributed by atoms with Crippen molar-refractivity contribution in [3.63, 3.8) is 0 Å². The van der Waals surface area contributed by atoms with Gasteiger partial charge < -0.3 is 9.57 Å². The molecule has 2 saturated heterocycles. The topological polar surface area (TPSA) is 72.9 Å². The molecule has 2 amide bonds. The van der Waals surface area contributed by atoms with Crippen molar-refractivity contribution in [1.82, 2.24) is 5.06 Å². The Morgan fingerprint density at radius 3 is 2.14 bits per heavy atom. The number of hydroxylamine groups is 2. The normalized spacial score (nSPS) is 32.7. The summed E-state index contributed by atoms with van der Waals surface area (Å²) < 4.78 is 5.50. The maximum atomic E-state index is 12.3. The summed E-state index contributed by atoms with van der Waals surface area (Å²) in [5.41, 5.74) is 0.285. The molecule has 1 aromatic rings. The zero-order valence-corrected chi connectivity index (χ0v) is 10.8. The highest BCUT2D eigenvalue weighted by atomic mass is 16.7. The molecule has 3 heterocycles. The fourth-order valence-electron chi connectivity index (χ4n) is 3.08. The van der Waals surface area contributed by atoms with E-state index in [9.17, 15) is 14.4 Å². The lowest BCUT2D eigenvalue weighted by Crippen LogP contribution is -2.36. The van der Waals surface area contributed by atoms with Gasteiger partial charge in [0.15, 0.2) is 0 Å². The molecule has 6 nitrogen and oxygen atoms in total. The molecular formula is C15H11NO5. The van der Waals surface area contributed by atoms with Gasteiger partial charge in [-0.15, -0.1) is 5.06 Å². The smallest absolute Gasteiger partial charge is 0.363 e. The largest absolute Gasteiger partial charge is 0.365 e. The number of hydrogen-bond donors (Lipinski definition) is 0. The van der Waals surface area contributed by atoms with E-state index in [4.69, 9.17) is 9.57 Å². The Balaban J connectivity index is 1.56. The minimum absolute atomic E-state index is 0.285. The van der Waals surface area contributed by atoms with Crippen LogP contribution in [0.4, 0.5) is 0 Å². The van der Waals surface area contributed by atoms with Crippen molar-refractivity contribution in [2.75, 3.05) is 0 Å². The van der Waals surface area contributed by atoms with Crippen LogP contribution in [0.2, 0.25) is 0 Å². The molecule has 0 radical (unpaired) electrons. The zero-order chi connectivity index (χ0) is 14.6. The Kier molecular flexibility index (Phi) is 2.49. The number of carbonyl (C=O) groups is 3. The van der Waals surface area contributed by atoms with Gasteiger partial charge in [0.1, 0.15) is 0 Å². The summed E-state index contributed by atoms with van der Waals surface area (Å²) in [5.74, 6) is -2.89. The highest BCUT2D eigenvalue weighted by molar-refractivity contribution is 6.07. The van der Waals surface area contributed by atoms with Crippen molar-refractivity contribution in [3.05, 3.63) is 48.0 Å². The zero-order valence-electron chi connectivity index (χ0n) is 10.8. The molecule has 3 aliphatic rings. The summed E-state index contributed by atoms with van der Waals surface area (Å²) in [5, 5.41) is 0.597. The SMILES string of the molecule is O=C(ON1C(=O)[C@@H]2[C@H](C1=O)[C@H]1C=C[C@H]2O1)c1ccccc1. The van der Waals surface area contributed by atoms with Crippen LogP contribution in [0.1, 0.15) is 10.4 Å². The third kappa shape index (κ3) is 1.66. The van der Waals surface area contributed by atoms with Crippen molar-refractivity contribution in [2.45, 2.75) is 12.2 Å². The Bertz CT molecular complexity index is 638. The maximum absolute atomic E-state index is 12.3. The number of hydrogen-bond acceptors (Lipinski definition) is 5. The molecule has 0 unspecified atom stereocenters. The summed E-state index contributed by atoms with van der Waals surface area (Å²) in [6.07, 6.45) is 2.77. The van der Waals surface area contributed by atoms with Crippen molar-refractivity contribution in [3.8, 4) is 0 Å². The molecule has 21 heavy (non-hydrogen) atoms. The molecule has 0 aliphatic carbocycles. The van der Waals surface area contributed by atoms with Crippen LogP contribution in [0.3, 0.4) is 0 Å². The number of rotatable bonds is 2. The number of imide groups is 1. The van der Waals surface area contributed by atoms with Crippen molar-refractivity contribution in [2.24, 2.45) is 11.8 Å². The Labute approximate surface area is 119 Å². The van der Waals surface area contributed by atoms with E-state index in [2.05, 4.69) is 0 Å². The van der Waals surface area contributed by atoms with E-state index in [1.807, 2.05) is 0 Å². The van der Waals surface area contributed by atoms with Gasteiger partial charge >= 0.3 is 5.97 Å². The van der Waals surface area contributed by atoms with Crippen LogP contribution < -0.4 is 0 Å². The highest BCUT2D eigenvalue weighted by Crippen LogP contribution is 2.45. The molecule has 3 aliphatic heterocycles. The average molecular weight is 285 g/mol. The lowest BCUT2D eigenvalue weighted by atomic mass is 9.85. The first kappa shape index (κ1) is 12.3. The summed E-state index contributed by atoms with van der Waals surface area (Å²) >= 11 is 0. The van der Waals surface area contributed by atoms with Crippen molar-refractivity contribution < 1.29 is 24.0 Å². The fraction of sp³-hybridized carbons (Fsp3) is 0.267. The van der Waals surface area contributed by atoms with Gasteiger partial charge in [-0.25, -0.2) is 4.79 Å². The first-order chi connectivity index (χ1) is 10.2. The molecule has 4 atom stereocenters. The van der Waals surface area contributed by atoms with Gasteiger partial charge in [0, 0.05) is 0 Å². The molecule has 2 bridgehead atoms. The van der Waals surface area contributed by atoms with Gasteiger partial charge in [-0.05, 0) is 12.1 Å². The van der Waals surface area contributed by atoms with Gasteiger partial charge in [-0.2, -0.15) is 0 Å². The average Bonchev–Trinajstić information content (AvgIpc) is 3.18. The molecule has 2 fully saturated rings. The second kappa shape index (κ2) is 4.26. The molecule has 106 valence electrons. The lowest BCUT2D eigenvalue weighted by molar-refractivity contribution is -0.177. The second-order valence-electron chi connectivity index (χ2n) is 5.22. The summed E-state index contributed by atoms with van der Waals surface area (Å²) in [4.78, 5) is 41.5. The number of nitrogens with zero attached hydrogens (tertiary/aromatic N) is 1. The van der Waals surface area contributed by atoms with Crippen LogP contribution in [0.25, 0.3) is 0 Å². The van der Waals surface area contributed by atoms with E-state index in [1.165, 1.54) is 0 Å². The van der Waals surface area contributed by atoms with E-state index in [0.29, 0.717) is 5.06 Å². The Morgan fingerprint density at radius 2 is 1.57 bits per heavy atom. The number of benzene rings is 1. The van der Waals surface area contributed by atoms with E-state index < -0.39 is 41.8 Å². The summed E-state index contributed by atoms with van der Waals surface area (Å²) in [7, 11) is 0. The maximum Gasteiger partial charge on any atom is 0.363 e. The summed E-state index contributed by atoms with van der Waals surface area (Å²) in [6, 6.07) is 8.23. The predicted molar refractivity (Wildman–Crippen MR) is 68.5 cm³/mol. The lowest BCUT2D eigenvalue weighted by Gasteiger charge is -2.16. The van der Waals surface area contributed by atoms with Crippen LogP contribution in [0.15, 0.2) is 42.5 Å². The molecule has 0 spiro atoms. The molecule has 1 aromatic carbocycles. The molecule has 6 heteroatoms. The first-order valence-electron chi connectivity index (χ1n) is 6.66. The van der Waals surface area contributed by atoms with Crippen LogP contribution >= 0.6 is 0 Å². The third-order valence-corrected chi connectivity index (χ3v) is 4.05. The monoisotopic (exact) mass is 285 g/mol. The van der Waals surface area contributed by atoms with Crippen LogP contribution in [0, 0.1) is 11.8 Å². The molecule has 0 saturated carbocycles. The molecular weight excluding hydrogens is 274 g/mol. The van der Waals surface area contributed by atoms with Gasteiger partial charge in [0.05, 0.1) is 29.6 Å².